The third-order valence-electron chi connectivity index (χ3n) is 4.03. The number of nitrogens with one attached hydrogen (secondary N) is 1. The second kappa shape index (κ2) is 7.80. The summed E-state index contributed by atoms with van der Waals surface area (Å²) in [7, 11) is 0. The number of anilines is 1. The molecule has 0 unspecified atom stereocenters. The van der Waals surface area contributed by atoms with Crippen molar-refractivity contribution >= 4 is 22.6 Å². The van der Waals surface area contributed by atoms with Crippen LogP contribution in [0.4, 0.5) is 5.95 Å². The monoisotopic (exact) mass is 336 g/mol. The molecule has 0 radical (unpaired) electrons. The maximum absolute atomic E-state index is 12.7. The van der Waals surface area contributed by atoms with E-state index in [9.17, 15) is 4.79 Å². The number of rotatable bonds is 2. The van der Waals surface area contributed by atoms with Crippen molar-refractivity contribution in [1.82, 2.24) is 9.55 Å². The summed E-state index contributed by atoms with van der Waals surface area (Å²) in [6, 6.07) is 5.56. The molecule has 5 nitrogen and oxygen atoms in total. The maximum atomic E-state index is 12.7. The SMILES string of the molecule is C/C=C\C(C#Cc1ccc2c(=O)n3c(nc2c1)NCCCC3)=NCC.[HH]. The van der Waals surface area contributed by atoms with E-state index in [0.717, 1.165) is 30.7 Å². The Labute approximate surface area is 149 Å². The van der Waals surface area contributed by atoms with Gasteiger partial charge in [-0.05, 0) is 56.9 Å². The van der Waals surface area contributed by atoms with E-state index in [2.05, 4.69) is 27.1 Å². The minimum atomic E-state index is 0. The summed E-state index contributed by atoms with van der Waals surface area (Å²) in [4.78, 5) is 21.7. The van der Waals surface area contributed by atoms with E-state index in [1.807, 2.05) is 44.2 Å². The van der Waals surface area contributed by atoms with Crippen LogP contribution < -0.4 is 10.9 Å². The van der Waals surface area contributed by atoms with Gasteiger partial charge < -0.3 is 5.32 Å². The molecule has 1 aromatic heterocycles. The Morgan fingerprint density at radius 1 is 1.48 bits per heavy atom. The molecule has 1 N–H and O–H groups in total. The number of aliphatic imine (C=N–C) groups is 1. The minimum absolute atomic E-state index is 0. The molecule has 0 spiro atoms. The van der Waals surface area contributed by atoms with Crippen LogP contribution in [0, 0.1) is 11.8 Å². The average molecular weight is 336 g/mol. The van der Waals surface area contributed by atoms with Crippen LogP contribution in [0.1, 0.15) is 33.7 Å². The molecule has 3 rings (SSSR count). The van der Waals surface area contributed by atoms with Crippen molar-refractivity contribution in [2.45, 2.75) is 33.2 Å². The quantitative estimate of drug-likeness (QED) is 0.676. The maximum Gasteiger partial charge on any atom is 0.262 e. The van der Waals surface area contributed by atoms with Crippen LogP contribution in [-0.4, -0.2) is 28.4 Å². The second-order valence-electron chi connectivity index (χ2n) is 5.87. The van der Waals surface area contributed by atoms with Gasteiger partial charge in [-0.3, -0.25) is 14.4 Å². The standard InChI is InChI=1S/C20H22N4O.H2/c1-3-7-16(21-4-2)10-8-15-9-11-17-18(14-15)23-20-22-12-5-6-13-24(20)19(17)25;/h3,7,9,11,14H,4-6,12-13H2,1-2H3,(H,22,23);1H/b7-3-,21-16?;. The fraction of sp³-hybridized carbons (Fsp3) is 0.350. The summed E-state index contributed by atoms with van der Waals surface area (Å²) in [5.74, 6) is 6.85. The minimum Gasteiger partial charge on any atom is -0.356 e. The lowest BCUT2D eigenvalue weighted by Crippen LogP contribution is -2.23. The van der Waals surface area contributed by atoms with Crippen molar-refractivity contribution in [3.8, 4) is 11.8 Å². The molecule has 25 heavy (non-hydrogen) atoms. The molecule has 130 valence electrons. The van der Waals surface area contributed by atoms with Gasteiger partial charge in [0.25, 0.3) is 5.56 Å². The zero-order valence-corrected chi connectivity index (χ0v) is 14.7. The van der Waals surface area contributed by atoms with Gasteiger partial charge in [0, 0.05) is 26.6 Å². The van der Waals surface area contributed by atoms with Crippen molar-refractivity contribution in [3.63, 3.8) is 0 Å². The van der Waals surface area contributed by atoms with Gasteiger partial charge in [0.2, 0.25) is 5.95 Å². The molecule has 1 aliphatic rings. The lowest BCUT2D eigenvalue weighted by molar-refractivity contribution is 0.636. The number of allylic oxidation sites excluding steroid dienone is 2. The Bertz CT molecular complexity index is 963. The lowest BCUT2D eigenvalue weighted by atomic mass is 10.1. The first kappa shape index (κ1) is 17.0. The molecule has 0 saturated carbocycles. The van der Waals surface area contributed by atoms with Crippen molar-refractivity contribution in [3.05, 3.63) is 46.3 Å². The van der Waals surface area contributed by atoms with Gasteiger partial charge in [0.1, 0.15) is 5.71 Å². The highest BCUT2D eigenvalue weighted by atomic mass is 16.1. The highest BCUT2D eigenvalue weighted by Crippen LogP contribution is 2.16. The molecule has 2 aromatic rings. The number of benzene rings is 1. The summed E-state index contributed by atoms with van der Waals surface area (Å²) in [6.07, 6.45) is 5.85. The van der Waals surface area contributed by atoms with E-state index in [0.29, 0.717) is 29.9 Å². The van der Waals surface area contributed by atoms with E-state index in [1.54, 1.807) is 4.57 Å². The Balaban J connectivity index is 0.00000243. The zero-order valence-electron chi connectivity index (χ0n) is 14.7. The third kappa shape index (κ3) is 3.80. The molecule has 2 heterocycles. The predicted molar refractivity (Wildman–Crippen MR) is 106 cm³/mol. The molecule has 1 aromatic carbocycles. The summed E-state index contributed by atoms with van der Waals surface area (Å²) >= 11 is 0. The van der Waals surface area contributed by atoms with Crippen molar-refractivity contribution in [1.29, 1.82) is 0 Å². The fourth-order valence-corrected chi connectivity index (χ4v) is 2.83. The van der Waals surface area contributed by atoms with Crippen molar-refractivity contribution in [2.75, 3.05) is 18.4 Å². The molecule has 0 saturated heterocycles. The number of nitrogens with zero attached hydrogens (tertiary/aromatic N) is 3. The number of fused-ring (bicyclic) bond motifs is 2. The van der Waals surface area contributed by atoms with Gasteiger partial charge in [-0.25, -0.2) is 4.98 Å². The molecule has 0 amide bonds. The Kier molecular flexibility index (Phi) is 5.30. The molecule has 0 aliphatic carbocycles. The van der Waals surface area contributed by atoms with Gasteiger partial charge in [-0.1, -0.05) is 12.0 Å². The molecule has 0 atom stereocenters. The topological polar surface area (TPSA) is 59.3 Å². The smallest absolute Gasteiger partial charge is 0.262 e. The van der Waals surface area contributed by atoms with Crippen molar-refractivity contribution < 1.29 is 1.43 Å². The van der Waals surface area contributed by atoms with E-state index in [-0.39, 0.29) is 6.99 Å². The van der Waals surface area contributed by atoms with Crippen LogP contribution in [-0.2, 0) is 6.54 Å². The van der Waals surface area contributed by atoms with E-state index in [1.165, 1.54) is 0 Å². The predicted octanol–water partition coefficient (Wildman–Crippen LogP) is 3.24. The molecule has 0 bridgehead atoms. The van der Waals surface area contributed by atoms with Crippen LogP contribution in [0.25, 0.3) is 10.9 Å². The summed E-state index contributed by atoms with van der Waals surface area (Å²) < 4.78 is 1.73. The van der Waals surface area contributed by atoms with E-state index < -0.39 is 0 Å². The summed E-state index contributed by atoms with van der Waals surface area (Å²) in [6.45, 7) is 6.18. The molecule has 1 aliphatic heterocycles. The molecular weight excluding hydrogens is 312 g/mol. The van der Waals surface area contributed by atoms with Gasteiger partial charge >= 0.3 is 0 Å². The highest BCUT2D eigenvalue weighted by molar-refractivity contribution is 6.09. The Hall–Kier alpha value is -2.87. The van der Waals surface area contributed by atoms with Crippen molar-refractivity contribution in [2.24, 2.45) is 4.99 Å². The number of hydrogen-bond acceptors (Lipinski definition) is 4. The van der Waals surface area contributed by atoms with Gasteiger partial charge in [0.05, 0.1) is 10.9 Å². The highest BCUT2D eigenvalue weighted by Gasteiger charge is 2.13. The van der Waals surface area contributed by atoms with E-state index >= 15 is 0 Å². The average Bonchev–Trinajstić information content (AvgIpc) is 2.86. The van der Waals surface area contributed by atoms with Gasteiger partial charge in [0.15, 0.2) is 0 Å². The number of aromatic nitrogens is 2. The first-order chi connectivity index (χ1) is 12.2. The third-order valence-corrected chi connectivity index (χ3v) is 4.03. The largest absolute Gasteiger partial charge is 0.356 e. The van der Waals surface area contributed by atoms with Crippen LogP contribution in [0.15, 0.2) is 40.1 Å². The Morgan fingerprint density at radius 2 is 2.36 bits per heavy atom. The van der Waals surface area contributed by atoms with Crippen LogP contribution >= 0.6 is 0 Å². The van der Waals surface area contributed by atoms with E-state index in [4.69, 9.17) is 0 Å². The molecule has 5 heteroatoms. The summed E-state index contributed by atoms with van der Waals surface area (Å²) in [5, 5.41) is 3.88. The van der Waals surface area contributed by atoms with Gasteiger partial charge in [-0.2, -0.15) is 0 Å². The van der Waals surface area contributed by atoms with Gasteiger partial charge in [-0.15, -0.1) is 0 Å². The lowest BCUT2D eigenvalue weighted by Gasteiger charge is -2.10. The normalized spacial score (nSPS) is 14.6. The summed E-state index contributed by atoms with van der Waals surface area (Å²) in [5.41, 5.74) is 2.27. The second-order valence-corrected chi connectivity index (χ2v) is 5.87. The number of hydrogen-bond donors (Lipinski definition) is 1. The van der Waals surface area contributed by atoms with Crippen LogP contribution in [0.3, 0.4) is 0 Å². The fourth-order valence-electron chi connectivity index (χ4n) is 2.83. The zero-order chi connectivity index (χ0) is 17.6. The molecular formula is C20H24N4O. The Morgan fingerprint density at radius 3 is 3.16 bits per heavy atom. The first-order valence-electron chi connectivity index (χ1n) is 8.70. The molecule has 0 fully saturated rings. The van der Waals surface area contributed by atoms with Crippen LogP contribution in [0.5, 0.6) is 0 Å². The van der Waals surface area contributed by atoms with Crippen LogP contribution in [0.2, 0.25) is 0 Å². The first-order valence-corrected chi connectivity index (χ1v) is 8.70.